The minimum atomic E-state index is -0.226. The molecule has 0 bridgehead atoms. The summed E-state index contributed by atoms with van der Waals surface area (Å²) in [6.45, 7) is 5.52. The van der Waals surface area contributed by atoms with E-state index in [1.165, 1.54) is 11.8 Å². The molecule has 3 heterocycles. The number of morpholine rings is 1. The SMILES string of the molecule is COc1cccc(-c2nn(-c3ccccc3)cc2/C=C2\SC(N3CC(C)OC(C)C3)=NC2=O)c1. The van der Waals surface area contributed by atoms with Crippen LogP contribution >= 0.6 is 11.8 Å². The molecule has 0 saturated carbocycles. The quantitative estimate of drug-likeness (QED) is 0.514. The second-order valence-electron chi connectivity index (χ2n) is 8.42. The van der Waals surface area contributed by atoms with Crippen LogP contribution in [0.25, 0.3) is 23.0 Å². The number of carbonyl (C=O) groups is 1. The fourth-order valence-corrected chi connectivity index (χ4v) is 5.13. The summed E-state index contributed by atoms with van der Waals surface area (Å²) in [4.78, 5) is 19.9. The summed E-state index contributed by atoms with van der Waals surface area (Å²) in [5.74, 6) is 0.522. The number of rotatable bonds is 4. The van der Waals surface area contributed by atoms with Gasteiger partial charge in [-0.05, 0) is 56.0 Å². The van der Waals surface area contributed by atoms with Crippen molar-refractivity contribution < 1.29 is 14.3 Å². The van der Waals surface area contributed by atoms with E-state index in [2.05, 4.69) is 9.89 Å². The van der Waals surface area contributed by atoms with Crippen LogP contribution in [0.1, 0.15) is 19.4 Å². The summed E-state index contributed by atoms with van der Waals surface area (Å²) >= 11 is 1.41. The summed E-state index contributed by atoms with van der Waals surface area (Å²) in [5, 5.41) is 5.59. The van der Waals surface area contributed by atoms with Crippen molar-refractivity contribution >= 4 is 28.9 Å². The molecule has 1 amide bonds. The van der Waals surface area contributed by atoms with Gasteiger partial charge in [-0.2, -0.15) is 10.1 Å². The van der Waals surface area contributed by atoms with Gasteiger partial charge in [0.25, 0.3) is 5.91 Å². The van der Waals surface area contributed by atoms with Crippen LogP contribution < -0.4 is 4.74 Å². The van der Waals surface area contributed by atoms with Gasteiger partial charge in [0.15, 0.2) is 5.17 Å². The maximum Gasteiger partial charge on any atom is 0.286 e. The van der Waals surface area contributed by atoms with Crippen LogP contribution in [0.3, 0.4) is 0 Å². The number of amides is 1. The van der Waals surface area contributed by atoms with E-state index in [0.717, 1.165) is 46.5 Å². The molecular weight excluding hydrogens is 448 g/mol. The first kappa shape index (κ1) is 22.4. The van der Waals surface area contributed by atoms with Gasteiger partial charge in [0, 0.05) is 30.4 Å². The van der Waals surface area contributed by atoms with Gasteiger partial charge in [-0.3, -0.25) is 4.79 Å². The van der Waals surface area contributed by atoms with Crippen molar-refractivity contribution in [3.63, 3.8) is 0 Å². The van der Waals surface area contributed by atoms with Crippen LogP contribution in [-0.2, 0) is 9.53 Å². The Morgan fingerprint density at radius 3 is 2.59 bits per heavy atom. The molecule has 0 spiro atoms. The van der Waals surface area contributed by atoms with Crippen molar-refractivity contribution in [2.75, 3.05) is 20.2 Å². The van der Waals surface area contributed by atoms with Crippen LogP contribution in [-0.4, -0.2) is 58.2 Å². The number of hydrogen-bond acceptors (Lipinski definition) is 6. The van der Waals surface area contributed by atoms with Crippen LogP contribution in [0.5, 0.6) is 5.75 Å². The van der Waals surface area contributed by atoms with E-state index in [1.54, 1.807) is 7.11 Å². The third kappa shape index (κ3) is 4.64. The molecule has 2 aromatic carbocycles. The average Bonchev–Trinajstić information content (AvgIpc) is 3.43. The molecule has 3 aromatic rings. The number of nitrogens with zero attached hydrogens (tertiary/aromatic N) is 4. The molecule has 7 nitrogen and oxygen atoms in total. The maximum atomic E-state index is 12.8. The van der Waals surface area contributed by atoms with E-state index >= 15 is 0 Å². The third-order valence-corrected chi connectivity index (χ3v) is 6.74. The molecule has 2 aliphatic rings. The number of thioether (sulfide) groups is 1. The standard InChI is InChI=1S/C26H26N4O3S/c1-17-14-29(15-18(2)33-17)26-27-25(31)23(34-26)13-20-16-30(21-9-5-4-6-10-21)28-24(20)19-8-7-11-22(12-19)32-3/h4-13,16-18H,14-15H2,1-3H3/b23-13-. The van der Waals surface area contributed by atoms with Crippen molar-refractivity contribution in [1.29, 1.82) is 0 Å². The van der Waals surface area contributed by atoms with E-state index in [0.29, 0.717) is 4.91 Å². The lowest BCUT2D eigenvalue weighted by molar-refractivity contribution is -0.113. The highest BCUT2D eigenvalue weighted by molar-refractivity contribution is 8.18. The third-order valence-electron chi connectivity index (χ3n) is 5.69. The topological polar surface area (TPSA) is 68.9 Å². The molecule has 34 heavy (non-hydrogen) atoms. The fraction of sp³-hybridized carbons (Fsp3) is 0.269. The average molecular weight is 475 g/mol. The Bertz CT molecular complexity index is 1260. The van der Waals surface area contributed by atoms with Gasteiger partial charge in [0.2, 0.25) is 0 Å². The Labute approximate surface area is 203 Å². The van der Waals surface area contributed by atoms with Crippen molar-refractivity contribution in [1.82, 2.24) is 14.7 Å². The number of benzene rings is 2. The smallest absolute Gasteiger partial charge is 0.286 e. The van der Waals surface area contributed by atoms with Crippen LogP contribution in [0, 0.1) is 0 Å². The molecular formula is C26H26N4O3S. The zero-order valence-electron chi connectivity index (χ0n) is 19.3. The minimum absolute atomic E-state index is 0.0962. The monoisotopic (exact) mass is 474 g/mol. The largest absolute Gasteiger partial charge is 0.497 e. The fourth-order valence-electron chi connectivity index (χ4n) is 4.21. The Morgan fingerprint density at radius 1 is 1.09 bits per heavy atom. The van der Waals surface area contributed by atoms with E-state index in [-0.39, 0.29) is 18.1 Å². The molecule has 0 N–H and O–H groups in total. The first-order valence-corrected chi connectivity index (χ1v) is 12.0. The van der Waals surface area contributed by atoms with Crippen LogP contribution in [0.4, 0.5) is 0 Å². The second-order valence-corrected chi connectivity index (χ2v) is 9.43. The molecule has 0 aliphatic carbocycles. The number of ether oxygens (including phenoxy) is 2. The summed E-state index contributed by atoms with van der Waals surface area (Å²) in [5.41, 5.74) is 3.46. The number of hydrogen-bond donors (Lipinski definition) is 0. The molecule has 8 heteroatoms. The number of aliphatic imine (C=N–C) groups is 1. The number of carbonyl (C=O) groups excluding carboxylic acids is 1. The number of para-hydroxylation sites is 1. The Balaban J connectivity index is 1.50. The van der Waals surface area contributed by atoms with Gasteiger partial charge in [-0.25, -0.2) is 4.68 Å². The summed E-state index contributed by atoms with van der Waals surface area (Å²) in [6.07, 6.45) is 4.03. The van der Waals surface area contributed by atoms with E-state index in [1.807, 2.05) is 85.4 Å². The number of amidine groups is 1. The zero-order valence-corrected chi connectivity index (χ0v) is 20.2. The van der Waals surface area contributed by atoms with Gasteiger partial charge in [-0.1, -0.05) is 30.3 Å². The minimum Gasteiger partial charge on any atom is -0.497 e. The van der Waals surface area contributed by atoms with E-state index in [9.17, 15) is 4.79 Å². The van der Waals surface area contributed by atoms with Crippen LogP contribution in [0.2, 0.25) is 0 Å². The highest BCUT2D eigenvalue weighted by Gasteiger charge is 2.31. The molecule has 1 aromatic heterocycles. The predicted molar refractivity (Wildman–Crippen MR) is 135 cm³/mol. The molecule has 2 unspecified atom stereocenters. The van der Waals surface area contributed by atoms with Gasteiger partial charge < -0.3 is 14.4 Å². The second kappa shape index (κ2) is 9.48. The summed E-state index contributed by atoms with van der Waals surface area (Å²) in [6, 6.07) is 17.7. The Morgan fingerprint density at radius 2 is 1.85 bits per heavy atom. The lowest BCUT2D eigenvalue weighted by Crippen LogP contribution is -2.47. The normalized spacial score (nSPS) is 21.7. The maximum absolute atomic E-state index is 12.8. The van der Waals surface area contributed by atoms with E-state index < -0.39 is 0 Å². The molecule has 2 aliphatic heterocycles. The van der Waals surface area contributed by atoms with Gasteiger partial charge in [-0.15, -0.1) is 0 Å². The summed E-state index contributed by atoms with van der Waals surface area (Å²) in [7, 11) is 1.64. The van der Waals surface area contributed by atoms with Gasteiger partial charge in [0.05, 0.1) is 29.9 Å². The van der Waals surface area contributed by atoms with Crippen molar-refractivity contribution in [2.24, 2.45) is 4.99 Å². The van der Waals surface area contributed by atoms with E-state index in [4.69, 9.17) is 14.6 Å². The summed E-state index contributed by atoms with van der Waals surface area (Å²) < 4.78 is 13.1. The molecule has 5 rings (SSSR count). The number of aromatic nitrogens is 2. The van der Waals surface area contributed by atoms with Crippen LogP contribution in [0.15, 0.2) is 70.7 Å². The highest BCUT2D eigenvalue weighted by Crippen LogP contribution is 2.34. The zero-order chi connectivity index (χ0) is 23.7. The lowest BCUT2D eigenvalue weighted by atomic mass is 10.1. The van der Waals surface area contributed by atoms with Crippen molar-refractivity contribution in [2.45, 2.75) is 26.1 Å². The van der Waals surface area contributed by atoms with Crippen molar-refractivity contribution in [3.8, 4) is 22.7 Å². The first-order chi connectivity index (χ1) is 16.5. The van der Waals surface area contributed by atoms with Crippen molar-refractivity contribution in [3.05, 3.63) is 71.3 Å². The molecule has 1 saturated heterocycles. The highest BCUT2D eigenvalue weighted by atomic mass is 32.2. The van der Waals surface area contributed by atoms with Gasteiger partial charge in [0.1, 0.15) is 11.4 Å². The molecule has 174 valence electrons. The lowest BCUT2D eigenvalue weighted by Gasteiger charge is -2.35. The first-order valence-electron chi connectivity index (χ1n) is 11.2. The molecule has 1 fully saturated rings. The predicted octanol–water partition coefficient (Wildman–Crippen LogP) is 4.63. The Kier molecular flexibility index (Phi) is 6.26. The van der Waals surface area contributed by atoms with Gasteiger partial charge >= 0.3 is 0 Å². The number of methoxy groups -OCH3 is 1. The Hall–Kier alpha value is -3.36. The molecule has 0 radical (unpaired) electrons. The molecule has 2 atom stereocenters.